The molecule has 0 saturated carbocycles. The van der Waals surface area contributed by atoms with Gasteiger partial charge in [0.15, 0.2) is 0 Å². The number of hydrogen-bond donors (Lipinski definition) is 1. The molecule has 2 N–H and O–H groups in total. The van der Waals surface area contributed by atoms with Crippen molar-refractivity contribution in [3.63, 3.8) is 0 Å². The first kappa shape index (κ1) is 13.8. The van der Waals surface area contributed by atoms with Gasteiger partial charge < -0.3 is 5.73 Å². The molecule has 0 bridgehead atoms. The highest BCUT2D eigenvalue weighted by atomic mass is 14.6. The summed E-state index contributed by atoms with van der Waals surface area (Å²) in [5.74, 6) is 0. The van der Waals surface area contributed by atoms with Crippen LogP contribution in [0.5, 0.6) is 0 Å². The largest absolute Gasteiger partial charge is 0.324 e. The van der Waals surface area contributed by atoms with Crippen molar-refractivity contribution >= 4 is 0 Å². The Kier molecular flexibility index (Phi) is 4.39. The van der Waals surface area contributed by atoms with Crippen LogP contribution in [0.25, 0.3) is 0 Å². The fourth-order valence-electron chi connectivity index (χ4n) is 2.72. The lowest BCUT2D eigenvalue weighted by molar-refractivity contribution is 0.706. The van der Waals surface area contributed by atoms with Gasteiger partial charge >= 0.3 is 0 Å². The first-order chi connectivity index (χ1) is 9.13. The minimum atomic E-state index is 0.0796. The highest BCUT2D eigenvalue weighted by molar-refractivity contribution is 5.37. The van der Waals surface area contributed by atoms with Crippen LogP contribution >= 0.6 is 0 Å². The monoisotopic (exact) mass is 253 g/mol. The topological polar surface area (TPSA) is 26.0 Å². The highest BCUT2D eigenvalue weighted by Crippen LogP contribution is 2.23. The first-order valence-electron chi connectivity index (χ1n) is 7.02. The summed E-state index contributed by atoms with van der Waals surface area (Å²) in [7, 11) is 0. The van der Waals surface area contributed by atoms with Crippen molar-refractivity contribution in [2.45, 2.75) is 39.7 Å². The average molecular weight is 253 g/mol. The molecule has 1 nitrogen and oxygen atoms in total. The molecule has 0 aromatic heterocycles. The van der Waals surface area contributed by atoms with Gasteiger partial charge in [-0.15, -0.1) is 0 Å². The molecule has 2 aromatic rings. The van der Waals surface area contributed by atoms with E-state index in [1.807, 2.05) is 0 Å². The van der Waals surface area contributed by atoms with Crippen LogP contribution in [0.4, 0.5) is 0 Å². The molecule has 1 atom stereocenters. The fourth-order valence-corrected chi connectivity index (χ4v) is 2.72. The number of rotatable bonds is 4. The van der Waals surface area contributed by atoms with Gasteiger partial charge in [0.1, 0.15) is 0 Å². The van der Waals surface area contributed by atoms with E-state index in [1.54, 1.807) is 0 Å². The molecular formula is C18H23N. The van der Waals surface area contributed by atoms with Crippen LogP contribution in [0.3, 0.4) is 0 Å². The molecule has 0 heterocycles. The molecule has 0 aliphatic heterocycles. The quantitative estimate of drug-likeness (QED) is 0.872. The molecule has 0 aliphatic carbocycles. The van der Waals surface area contributed by atoms with E-state index < -0.39 is 0 Å². The third-order valence-corrected chi connectivity index (χ3v) is 3.90. The smallest absolute Gasteiger partial charge is 0.0338 e. The average Bonchev–Trinajstić information content (AvgIpc) is 2.42. The molecule has 0 saturated heterocycles. The van der Waals surface area contributed by atoms with Crippen LogP contribution in [0.15, 0.2) is 42.5 Å². The van der Waals surface area contributed by atoms with Crippen molar-refractivity contribution in [3.05, 3.63) is 70.3 Å². The number of hydrogen-bond acceptors (Lipinski definition) is 1. The summed E-state index contributed by atoms with van der Waals surface area (Å²) < 4.78 is 0. The third-order valence-electron chi connectivity index (χ3n) is 3.90. The van der Waals surface area contributed by atoms with Gasteiger partial charge in [-0.3, -0.25) is 0 Å². The van der Waals surface area contributed by atoms with E-state index >= 15 is 0 Å². The second-order valence-corrected chi connectivity index (χ2v) is 5.23. The molecule has 0 aliphatic rings. The fraction of sp³-hybridized carbons (Fsp3) is 0.333. The lowest BCUT2D eigenvalue weighted by Crippen LogP contribution is -2.16. The molecular weight excluding hydrogens is 230 g/mol. The lowest BCUT2D eigenvalue weighted by Gasteiger charge is -2.18. The van der Waals surface area contributed by atoms with Crippen LogP contribution in [0, 0.1) is 13.8 Å². The maximum Gasteiger partial charge on any atom is 0.0338 e. The predicted molar refractivity (Wildman–Crippen MR) is 82.4 cm³/mol. The predicted octanol–water partition coefficient (Wildman–Crippen LogP) is 4.11. The lowest BCUT2D eigenvalue weighted by atomic mass is 9.91. The van der Waals surface area contributed by atoms with Gasteiger partial charge in [-0.1, -0.05) is 49.4 Å². The molecule has 2 aromatic carbocycles. The van der Waals surface area contributed by atoms with Crippen LogP contribution in [-0.2, 0) is 12.8 Å². The van der Waals surface area contributed by atoms with E-state index in [0.717, 1.165) is 12.8 Å². The highest BCUT2D eigenvalue weighted by Gasteiger charge is 2.13. The van der Waals surface area contributed by atoms with Crippen molar-refractivity contribution in [3.8, 4) is 0 Å². The van der Waals surface area contributed by atoms with E-state index in [4.69, 9.17) is 5.73 Å². The minimum Gasteiger partial charge on any atom is -0.324 e. The van der Waals surface area contributed by atoms with E-state index in [1.165, 1.54) is 27.8 Å². The molecule has 0 radical (unpaired) electrons. The van der Waals surface area contributed by atoms with Crippen molar-refractivity contribution in [1.82, 2.24) is 0 Å². The molecule has 0 amide bonds. The molecule has 0 spiro atoms. The Bertz CT molecular complexity index is 537. The van der Waals surface area contributed by atoms with Gasteiger partial charge in [-0.25, -0.2) is 0 Å². The Morgan fingerprint density at radius 1 is 0.947 bits per heavy atom. The van der Waals surface area contributed by atoms with Crippen LogP contribution < -0.4 is 5.73 Å². The summed E-state index contributed by atoms with van der Waals surface area (Å²) in [6.07, 6.45) is 1.95. The zero-order chi connectivity index (χ0) is 13.8. The van der Waals surface area contributed by atoms with E-state index in [0.29, 0.717) is 0 Å². The molecule has 1 unspecified atom stereocenters. The molecule has 1 heteroatoms. The zero-order valence-electron chi connectivity index (χ0n) is 12.1. The number of benzene rings is 2. The Hall–Kier alpha value is -1.60. The Balaban J connectivity index is 2.28. The summed E-state index contributed by atoms with van der Waals surface area (Å²) in [5.41, 5.74) is 13.2. The van der Waals surface area contributed by atoms with Crippen LogP contribution in [0.1, 0.15) is 40.8 Å². The minimum absolute atomic E-state index is 0.0796. The maximum absolute atomic E-state index is 6.44. The SMILES string of the molecule is CCc1ccccc1C(N)Cc1c(C)cccc1C. The van der Waals surface area contributed by atoms with Gasteiger partial charge in [0.25, 0.3) is 0 Å². The summed E-state index contributed by atoms with van der Waals surface area (Å²) in [5, 5.41) is 0. The molecule has 100 valence electrons. The van der Waals surface area contributed by atoms with Crippen molar-refractivity contribution in [2.75, 3.05) is 0 Å². The maximum atomic E-state index is 6.44. The van der Waals surface area contributed by atoms with Crippen molar-refractivity contribution < 1.29 is 0 Å². The zero-order valence-corrected chi connectivity index (χ0v) is 12.1. The third kappa shape index (κ3) is 3.05. The van der Waals surface area contributed by atoms with Gasteiger partial charge in [0.2, 0.25) is 0 Å². The van der Waals surface area contributed by atoms with Crippen LogP contribution in [-0.4, -0.2) is 0 Å². The second-order valence-electron chi connectivity index (χ2n) is 5.23. The van der Waals surface area contributed by atoms with E-state index in [2.05, 4.69) is 63.2 Å². The summed E-state index contributed by atoms with van der Waals surface area (Å²) in [6, 6.07) is 15.0. The molecule has 2 rings (SSSR count). The first-order valence-corrected chi connectivity index (χ1v) is 7.02. The van der Waals surface area contributed by atoms with Crippen molar-refractivity contribution in [1.29, 1.82) is 0 Å². The Labute approximate surface area is 116 Å². The standard InChI is InChI=1S/C18H23N/c1-4-15-10-5-6-11-16(15)18(19)12-17-13(2)8-7-9-14(17)3/h5-11,18H,4,12,19H2,1-3H3. The normalized spacial score (nSPS) is 12.4. The van der Waals surface area contributed by atoms with Gasteiger partial charge in [-0.05, 0) is 54.5 Å². The number of nitrogens with two attached hydrogens (primary N) is 1. The molecule has 19 heavy (non-hydrogen) atoms. The van der Waals surface area contributed by atoms with Gasteiger partial charge in [0, 0.05) is 6.04 Å². The molecule has 0 fully saturated rings. The van der Waals surface area contributed by atoms with Gasteiger partial charge in [0.05, 0.1) is 0 Å². The summed E-state index contributed by atoms with van der Waals surface area (Å²) in [6.45, 7) is 6.52. The number of aryl methyl sites for hydroxylation is 3. The van der Waals surface area contributed by atoms with Crippen LogP contribution in [0.2, 0.25) is 0 Å². The van der Waals surface area contributed by atoms with Crippen molar-refractivity contribution in [2.24, 2.45) is 5.73 Å². The van der Waals surface area contributed by atoms with Gasteiger partial charge in [-0.2, -0.15) is 0 Å². The Morgan fingerprint density at radius 2 is 1.58 bits per heavy atom. The summed E-state index contributed by atoms with van der Waals surface area (Å²) in [4.78, 5) is 0. The van der Waals surface area contributed by atoms with E-state index in [-0.39, 0.29) is 6.04 Å². The van der Waals surface area contributed by atoms with E-state index in [9.17, 15) is 0 Å². The second kappa shape index (κ2) is 6.03. The Morgan fingerprint density at radius 3 is 2.21 bits per heavy atom. The summed E-state index contributed by atoms with van der Waals surface area (Å²) >= 11 is 0.